The Labute approximate surface area is 168 Å². The lowest BCUT2D eigenvalue weighted by Crippen LogP contribution is -2.47. The molecule has 0 spiro atoms. The molecule has 1 fully saturated rings. The fourth-order valence-corrected chi connectivity index (χ4v) is 4.90. The Hall–Kier alpha value is -2.09. The van der Waals surface area contributed by atoms with Gasteiger partial charge in [-0.15, -0.1) is 0 Å². The van der Waals surface area contributed by atoms with Crippen molar-refractivity contribution in [3.05, 3.63) is 47.5 Å². The number of rotatable bonds is 5. The number of benzene rings is 2. The van der Waals surface area contributed by atoms with Crippen molar-refractivity contribution >= 4 is 15.7 Å². The molecule has 1 heterocycles. The first-order valence-electron chi connectivity index (χ1n) is 9.43. The standard InChI is InChI=1S/C21H29N3O3S/c1-16-12-17(2)14-19(13-16)27-20-7-6-18(22(3)4)15-21(20)28(25,26)24-10-8-23(5)9-11-24/h6-7,12-15H,8-11H2,1-5H3. The van der Waals surface area contributed by atoms with Crippen LogP contribution in [0.25, 0.3) is 0 Å². The van der Waals surface area contributed by atoms with Crippen LogP contribution < -0.4 is 9.64 Å². The van der Waals surface area contributed by atoms with Gasteiger partial charge >= 0.3 is 0 Å². The molecule has 7 heteroatoms. The van der Waals surface area contributed by atoms with Crippen molar-refractivity contribution in [2.24, 2.45) is 0 Å². The molecule has 1 saturated heterocycles. The number of hydrogen-bond acceptors (Lipinski definition) is 5. The first-order valence-corrected chi connectivity index (χ1v) is 10.9. The van der Waals surface area contributed by atoms with Gasteiger partial charge in [0.25, 0.3) is 0 Å². The van der Waals surface area contributed by atoms with Crippen LogP contribution in [0.4, 0.5) is 5.69 Å². The van der Waals surface area contributed by atoms with E-state index in [-0.39, 0.29) is 4.90 Å². The summed E-state index contributed by atoms with van der Waals surface area (Å²) in [7, 11) is 2.14. The predicted molar refractivity (Wildman–Crippen MR) is 113 cm³/mol. The molecule has 0 radical (unpaired) electrons. The average molecular weight is 404 g/mol. The van der Waals surface area contributed by atoms with Crippen molar-refractivity contribution in [2.75, 3.05) is 52.2 Å². The second-order valence-electron chi connectivity index (χ2n) is 7.66. The molecule has 3 rings (SSSR count). The van der Waals surface area contributed by atoms with Crippen LogP contribution in [-0.4, -0.2) is 64.9 Å². The van der Waals surface area contributed by atoms with Crippen molar-refractivity contribution < 1.29 is 13.2 Å². The van der Waals surface area contributed by atoms with Crippen LogP contribution >= 0.6 is 0 Å². The highest BCUT2D eigenvalue weighted by Gasteiger charge is 2.31. The van der Waals surface area contributed by atoms with Gasteiger partial charge in [-0.05, 0) is 62.4 Å². The van der Waals surface area contributed by atoms with E-state index in [1.165, 1.54) is 0 Å². The van der Waals surface area contributed by atoms with E-state index in [0.717, 1.165) is 29.9 Å². The Morgan fingerprint density at radius 2 is 1.54 bits per heavy atom. The van der Waals surface area contributed by atoms with Gasteiger partial charge in [-0.25, -0.2) is 8.42 Å². The van der Waals surface area contributed by atoms with Gasteiger partial charge in [-0.2, -0.15) is 4.31 Å². The minimum atomic E-state index is -3.66. The third kappa shape index (κ3) is 4.48. The summed E-state index contributed by atoms with van der Waals surface area (Å²) in [6.45, 7) is 6.40. The topological polar surface area (TPSA) is 53.1 Å². The fraction of sp³-hybridized carbons (Fsp3) is 0.429. The van der Waals surface area contributed by atoms with Gasteiger partial charge in [0.05, 0.1) is 0 Å². The van der Waals surface area contributed by atoms with Crippen molar-refractivity contribution in [2.45, 2.75) is 18.7 Å². The average Bonchev–Trinajstić information content (AvgIpc) is 2.61. The number of piperazine rings is 1. The van der Waals surface area contributed by atoms with Crippen LogP contribution in [0.15, 0.2) is 41.3 Å². The number of anilines is 1. The van der Waals surface area contributed by atoms with Gasteiger partial charge in [0, 0.05) is 46.0 Å². The maximum absolute atomic E-state index is 13.4. The van der Waals surface area contributed by atoms with Crippen molar-refractivity contribution in [3.8, 4) is 11.5 Å². The fourth-order valence-electron chi connectivity index (χ4n) is 3.35. The minimum absolute atomic E-state index is 0.211. The maximum Gasteiger partial charge on any atom is 0.246 e. The molecule has 152 valence electrons. The molecule has 28 heavy (non-hydrogen) atoms. The molecule has 0 aromatic heterocycles. The Bertz CT molecular complexity index is 929. The number of nitrogens with zero attached hydrogens (tertiary/aromatic N) is 3. The Kier molecular flexibility index (Phi) is 5.98. The van der Waals surface area contributed by atoms with Crippen LogP contribution in [0.5, 0.6) is 11.5 Å². The van der Waals surface area contributed by atoms with Gasteiger partial charge < -0.3 is 14.5 Å². The van der Waals surface area contributed by atoms with E-state index in [1.54, 1.807) is 16.4 Å². The van der Waals surface area contributed by atoms with Gasteiger partial charge in [0.1, 0.15) is 16.4 Å². The summed E-state index contributed by atoms with van der Waals surface area (Å²) in [5.74, 6) is 0.999. The molecular weight excluding hydrogens is 374 g/mol. The van der Waals surface area contributed by atoms with Crippen LogP contribution in [0.2, 0.25) is 0 Å². The van der Waals surface area contributed by atoms with E-state index in [2.05, 4.69) is 11.0 Å². The van der Waals surface area contributed by atoms with Crippen LogP contribution in [0.1, 0.15) is 11.1 Å². The van der Waals surface area contributed by atoms with E-state index >= 15 is 0 Å². The summed E-state index contributed by atoms with van der Waals surface area (Å²) in [5, 5.41) is 0. The highest BCUT2D eigenvalue weighted by molar-refractivity contribution is 7.89. The molecule has 0 saturated carbocycles. The lowest BCUT2D eigenvalue weighted by atomic mass is 10.1. The summed E-state index contributed by atoms with van der Waals surface area (Å²) < 4.78 is 34.5. The van der Waals surface area contributed by atoms with E-state index in [4.69, 9.17) is 4.74 Å². The summed E-state index contributed by atoms with van der Waals surface area (Å²) in [6.07, 6.45) is 0. The Balaban J connectivity index is 2.03. The number of aryl methyl sites for hydroxylation is 2. The van der Waals surface area contributed by atoms with Crippen LogP contribution in [0, 0.1) is 13.8 Å². The zero-order valence-electron chi connectivity index (χ0n) is 17.3. The van der Waals surface area contributed by atoms with E-state index in [0.29, 0.717) is 24.6 Å². The summed E-state index contributed by atoms with van der Waals surface area (Å²) in [4.78, 5) is 4.24. The zero-order valence-corrected chi connectivity index (χ0v) is 18.1. The number of likely N-dealkylation sites (N-methyl/N-ethyl adjacent to an activating group) is 1. The highest BCUT2D eigenvalue weighted by atomic mass is 32.2. The minimum Gasteiger partial charge on any atom is -0.456 e. The van der Waals surface area contributed by atoms with E-state index in [1.807, 2.05) is 58.1 Å². The molecule has 0 aliphatic carbocycles. The zero-order chi connectivity index (χ0) is 20.5. The van der Waals surface area contributed by atoms with Gasteiger partial charge in [0.2, 0.25) is 10.0 Å². The second-order valence-corrected chi connectivity index (χ2v) is 9.56. The molecule has 2 aromatic rings. The lowest BCUT2D eigenvalue weighted by Gasteiger charge is -2.32. The smallest absolute Gasteiger partial charge is 0.246 e. The third-order valence-electron chi connectivity index (χ3n) is 4.95. The first-order chi connectivity index (χ1) is 13.2. The van der Waals surface area contributed by atoms with Crippen molar-refractivity contribution in [1.29, 1.82) is 0 Å². The van der Waals surface area contributed by atoms with Gasteiger partial charge in [-0.3, -0.25) is 0 Å². The van der Waals surface area contributed by atoms with Crippen molar-refractivity contribution in [3.63, 3.8) is 0 Å². The Morgan fingerprint density at radius 1 is 0.929 bits per heavy atom. The molecule has 0 unspecified atom stereocenters. The van der Waals surface area contributed by atoms with Crippen molar-refractivity contribution in [1.82, 2.24) is 9.21 Å². The quantitative estimate of drug-likeness (QED) is 0.768. The molecule has 0 atom stereocenters. The summed E-state index contributed by atoms with van der Waals surface area (Å²) in [5.41, 5.74) is 2.97. The molecule has 1 aliphatic heterocycles. The highest BCUT2D eigenvalue weighted by Crippen LogP contribution is 2.34. The Morgan fingerprint density at radius 3 is 2.11 bits per heavy atom. The summed E-state index contributed by atoms with van der Waals surface area (Å²) >= 11 is 0. The monoisotopic (exact) mass is 403 g/mol. The third-order valence-corrected chi connectivity index (χ3v) is 6.87. The summed E-state index contributed by atoms with van der Waals surface area (Å²) in [6, 6.07) is 11.2. The molecular formula is C21H29N3O3S. The molecule has 1 aliphatic rings. The number of sulfonamides is 1. The molecule has 0 amide bonds. The number of ether oxygens (including phenoxy) is 1. The largest absolute Gasteiger partial charge is 0.456 e. The molecule has 2 aromatic carbocycles. The molecule has 6 nitrogen and oxygen atoms in total. The van der Waals surface area contributed by atoms with E-state index < -0.39 is 10.0 Å². The molecule has 0 bridgehead atoms. The number of hydrogen-bond donors (Lipinski definition) is 0. The van der Waals surface area contributed by atoms with Gasteiger partial charge in [-0.1, -0.05) is 6.07 Å². The van der Waals surface area contributed by atoms with Gasteiger partial charge in [0.15, 0.2) is 0 Å². The SMILES string of the molecule is Cc1cc(C)cc(Oc2ccc(N(C)C)cc2S(=O)(=O)N2CCN(C)CC2)c1. The maximum atomic E-state index is 13.4. The van der Waals surface area contributed by atoms with Crippen LogP contribution in [-0.2, 0) is 10.0 Å². The van der Waals surface area contributed by atoms with Crippen LogP contribution in [0.3, 0.4) is 0 Å². The molecule has 0 N–H and O–H groups in total. The normalized spacial score (nSPS) is 16.2. The first kappa shape index (κ1) is 20.6. The second kappa shape index (κ2) is 8.11. The van der Waals surface area contributed by atoms with E-state index in [9.17, 15) is 8.42 Å². The lowest BCUT2D eigenvalue weighted by molar-refractivity contribution is 0.222. The predicted octanol–water partition coefficient (Wildman–Crippen LogP) is 3.10.